The molecule has 0 spiro atoms. The van der Waals surface area contributed by atoms with Gasteiger partial charge in [0.15, 0.2) is 0 Å². The first-order chi connectivity index (χ1) is 8.41. The number of hydrogen-bond donors (Lipinski definition) is 1. The van der Waals surface area contributed by atoms with Gasteiger partial charge in [0.05, 0.1) is 5.69 Å². The Morgan fingerprint density at radius 3 is 2.78 bits per heavy atom. The number of carbonyl (C=O) groups is 1. The molecule has 1 aromatic rings. The summed E-state index contributed by atoms with van der Waals surface area (Å²) in [7, 11) is 1.89. The predicted octanol–water partition coefficient (Wildman–Crippen LogP) is 1.58. The Kier molecular flexibility index (Phi) is 3.43. The van der Waals surface area contributed by atoms with Gasteiger partial charge >= 0.3 is 5.97 Å². The molecule has 0 aliphatic carbocycles. The fraction of sp³-hybridized carbons (Fsp3) is 0.692. The number of carboxylic acids is 1. The van der Waals surface area contributed by atoms with Gasteiger partial charge in [0.1, 0.15) is 6.04 Å². The van der Waals surface area contributed by atoms with E-state index in [1.807, 2.05) is 27.1 Å². The average molecular weight is 251 g/mol. The number of nitrogens with zero attached hydrogens (tertiary/aromatic N) is 3. The first-order valence-corrected chi connectivity index (χ1v) is 6.40. The van der Waals surface area contributed by atoms with Crippen molar-refractivity contribution in [2.24, 2.45) is 13.0 Å². The lowest BCUT2D eigenvalue weighted by Gasteiger charge is -2.29. The molecule has 1 aliphatic heterocycles. The third-order valence-corrected chi connectivity index (χ3v) is 3.99. The highest BCUT2D eigenvalue weighted by Gasteiger charge is 2.39. The van der Waals surface area contributed by atoms with E-state index < -0.39 is 5.97 Å². The number of aromatic nitrogens is 2. The smallest absolute Gasteiger partial charge is 0.321 e. The van der Waals surface area contributed by atoms with Gasteiger partial charge in [-0.2, -0.15) is 5.10 Å². The van der Waals surface area contributed by atoms with Gasteiger partial charge in [0, 0.05) is 24.8 Å². The molecule has 100 valence electrons. The van der Waals surface area contributed by atoms with Crippen molar-refractivity contribution in [3.63, 3.8) is 0 Å². The van der Waals surface area contributed by atoms with E-state index in [-0.39, 0.29) is 18.0 Å². The SMILES string of the molecule is Cc1nn(C)cc1C(C)N1CCC(C)C1C(=O)O. The minimum Gasteiger partial charge on any atom is -0.480 e. The van der Waals surface area contributed by atoms with Crippen LogP contribution in [-0.2, 0) is 11.8 Å². The second kappa shape index (κ2) is 4.72. The first kappa shape index (κ1) is 13.1. The van der Waals surface area contributed by atoms with Crippen LogP contribution in [0.2, 0.25) is 0 Å². The monoisotopic (exact) mass is 251 g/mol. The molecule has 1 aromatic heterocycles. The van der Waals surface area contributed by atoms with Crippen molar-refractivity contribution in [3.05, 3.63) is 17.5 Å². The lowest BCUT2D eigenvalue weighted by Crippen LogP contribution is -2.40. The number of aryl methyl sites for hydroxylation is 2. The quantitative estimate of drug-likeness (QED) is 0.886. The summed E-state index contributed by atoms with van der Waals surface area (Å²) in [6.07, 6.45) is 2.93. The van der Waals surface area contributed by atoms with Gasteiger partial charge in [-0.05, 0) is 32.7 Å². The molecule has 1 fully saturated rings. The molecule has 0 radical (unpaired) electrons. The Labute approximate surface area is 107 Å². The highest BCUT2D eigenvalue weighted by atomic mass is 16.4. The molecule has 0 bridgehead atoms. The zero-order chi connectivity index (χ0) is 13.4. The van der Waals surface area contributed by atoms with Gasteiger partial charge in [-0.15, -0.1) is 0 Å². The minimum absolute atomic E-state index is 0.102. The summed E-state index contributed by atoms with van der Waals surface area (Å²) in [6.45, 7) is 6.90. The first-order valence-electron chi connectivity index (χ1n) is 6.40. The molecule has 3 atom stereocenters. The summed E-state index contributed by atoms with van der Waals surface area (Å²) < 4.78 is 1.79. The van der Waals surface area contributed by atoms with Crippen LogP contribution in [0.25, 0.3) is 0 Å². The molecule has 5 nitrogen and oxygen atoms in total. The van der Waals surface area contributed by atoms with Crippen LogP contribution in [0.4, 0.5) is 0 Å². The second-order valence-electron chi connectivity index (χ2n) is 5.31. The van der Waals surface area contributed by atoms with Crippen molar-refractivity contribution in [2.75, 3.05) is 6.54 Å². The average Bonchev–Trinajstić information content (AvgIpc) is 2.80. The Bertz CT molecular complexity index is 455. The third-order valence-electron chi connectivity index (χ3n) is 3.99. The number of rotatable bonds is 3. The maximum atomic E-state index is 11.4. The summed E-state index contributed by atoms with van der Waals surface area (Å²) in [5.74, 6) is -0.504. The maximum Gasteiger partial charge on any atom is 0.321 e. The van der Waals surface area contributed by atoms with Crippen molar-refractivity contribution in [1.29, 1.82) is 0 Å². The van der Waals surface area contributed by atoms with Gasteiger partial charge in [0.25, 0.3) is 0 Å². The maximum absolute atomic E-state index is 11.4. The van der Waals surface area contributed by atoms with Gasteiger partial charge in [-0.1, -0.05) is 6.92 Å². The van der Waals surface area contributed by atoms with Crippen LogP contribution in [0.3, 0.4) is 0 Å². The van der Waals surface area contributed by atoms with Crippen molar-refractivity contribution >= 4 is 5.97 Å². The zero-order valence-electron chi connectivity index (χ0n) is 11.4. The van der Waals surface area contributed by atoms with E-state index in [9.17, 15) is 9.90 Å². The topological polar surface area (TPSA) is 58.4 Å². The van der Waals surface area contributed by atoms with E-state index in [0.29, 0.717) is 0 Å². The second-order valence-corrected chi connectivity index (χ2v) is 5.31. The number of carboxylic acid groups (broad SMARTS) is 1. The molecule has 2 heterocycles. The Balaban J connectivity index is 2.26. The van der Waals surface area contributed by atoms with E-state index in [2.05, 4.69) is 16.9 Å². The number of hydrogen-bond acceptors (Lipinski definition) is 3. The molecule has 3 unspecified atom stereocenters. The van der Waals surface area contributed by atoms with Gasteiger partial charge < -0.3 is 5.11 Å². The van der Waals surface area contributed by atoms with E-state index in [1.54, 1.807) is 4.68 Å². The summed E-state index contributed by atoms with van der Waals surface area (Å²) in [6, 6.07) is -0.274. The van der Waals surface area contributed by atoms with Crippen LogP contribution in [0.5, 0.6) is 0 Å². The Morgan fingerprint density at radius 1 is 1.61 bits per heavy atom. The molecule has 2 rings (SSSR count). The zero-order valence-corrected chi connectivity index (χ0v) is 11.4. The van der Waals surface area contributed by atoms with E-state index in [1.165, 1.54) is 0 Å². The molecule has 1 aliphatic rings. The summed E-state index contributed by atoms with van der Waals surface area (Å²) in [4.78, 5) is 13.5. The molecule has 0 aromatic carbocycles. The van der Waals surface area contributed by atoms with E-state index in [4.69, 9.17) is 0 Å². The number of likely N-dealkylation sites (tertiary alicyclic amines) is 1. The van der Waals surface area contributed by atoms with Crippen molar-refractivity contribution in [1.82, 2.24) is 14.7 Å². The number of aliphatic carboxylic acids is 1. The summed E-state index contributed by atoms with van der Waals surface area (Å²) in [5, 5.41) is 13.7. The van der Waals surface area contributed by atoms with Crippen LogP contribution < -0.4 is 0 Å². The Hall–Kier alpha value is -1.36. The van der Waals surface area contributed by atoms with Gasteiger partial charge in [0.2, 0.25) is 0 Å². The molecule has 18 heavy (non-hydrogen) atoms. The molecule has 1 saturated heterocycles. The van der Waals surface area contributed by atoms with Gasteiger partial charge in [-0.25, -0.2) is 0 Å². The molecule has 5 heteroatoms. The lowest BCUT2D eigenvalue weighted by molar-refractivity contribution is -0.144. The Morgan fingerprint density at radius 2 is 2.28 bits per heavy atom. The predicted molar refractivity (Wildman–Crippen MR) is 68.3 cm³/mol. The highest BCUT2D eigenvalue weighted by Crippen LogP contribution is 2.33. The normalized spacial score (nSPS) is 26.4. The van der Waals surface area contributed by atoms with Crippen LogP contribution in [0, 0.1) is 12.8 Å². The summed E-state index contributed by atoms with van der Waals surface area (Å²) in [5.41, 5.74) is 2.10. The third kappa shape index (κ3) is 2.14. The fourth-order valence-electron chi connectivity index (χ4n) is 3.00. The van der Waals surface area contributed by atoms with E-state index in [0.717, 1.165) is 24.2 Å². The lowest BCUT2D eigenvalue weighted by atomic mass is 10.0. The van der Waals surface area contributed by atoms with E-state index >= 15 is 0 Å². The largest absolute Gasteiger partial charge is 0.480 e. The molecular weight excluding hydrogens is 230 g/mol. The van der Waals surface area contributed by atoms with Crippen LogP contribution in [0.15, 0.2) is 6.20 Å². The summed E-state index contributed by atoms with van der Waals surface area (Å²) >= 11 is 0. The molecule has 0 saturated carbocycles. The van der Waals surface area contributed by atoms with Crippen molar-refractivity contribution in [3.8, 4) is 0 Å². The van der Waals surface area contributed by atoms with Gasteiger partial charge in [-0.3, -0.25) is 14.4 Å². The highest BCUT2D eigenvalue weighted by molar-refractivity contribution is 5.74. The van der Waals surface area contributed by atoms with Crippen molar-refractivity contribution in [2.45, 2.75) is 39.3 Å². The van der Waals surface area contributed by atoms with Crippen LogP contribution in [-0.4, -0.2) is 38.3 Å². The molecule has 0 amide bonds. The van der Waals surface area contributed by atoms with Crippen molar-refractivity contribution < 1.29 is 9.90 Å². The van der Waals surface area contributed by atoms with Crippen LogP contribution >= 0.6 is 0 Å². The minimum atomic E-state index is -0.714. The molecular formula is C13H21N3O2. The van der Waals surface area contributed by atoms with Crippen LogP contribution in [0.1, 0.15) is 37.6 Å². The standard InChI is InChI=1S/C13H21N3O2/c1-8-5-6-16(12(8)13(17)18)10(3)11-7-15(4)14-9(11)2/h7-8,10,12H,5-6H2,1-4H3,(H,17,18). The molecule has 1 N–H and O–H groups in total. The fourth-order valence-corrected chi connectivity index (χ4v) is 3.00.